The van der Waals surface area contributed by atoms with E-state index in [1.807, 2.05) is 0 Å². The van der Waals surface area contributed by atoms with Crippen LogP contribution in [0.5, 0.6) is 5.75 Å². The molecule has 0 radical (unpaired) electrons. The molecule has 1 rings (SSSR count). The second-order valence-electron chi connectivity index (χ2n) is 5.17. The second-order valence-corrected chi connectivity index (χ2v) is 5.44. The summed E-state index contributed by atoms with van der Waals surface area (Å²) >= 11 is 5.59. The Morgan fingerprint density at radius 3 is 2.53 bits per heavy atom. The molecule has 0 spiro atoms. The molecule has 0 aliphatic rings. The minimum Gasteiger partial charge on any atom is -0.496 e. The molecular formula is C14H22ClNO. The number of benzene rings is 1. The molecule has 0 bridgehead atoms. The average molecular weight is 256 g/mol. The van der Waals surface area contributed by atoms with Crippen molar-refractivity contribution in [1.82, 2.24) is 5.32 Å². The fourth-order valence-electron chi connectivity index (χ4n) is 1.80. The van der Waals surface area contributed by atoms with Gasteiger partial charge in [0.15, 0.2) is 0 Å². The van der Waals surface area contributed by atoms with E-state index in [-0.39, 0.29) is 5.41 Å². The van der Waals surface area contributed by atoms with Crippen molar-refractivity contribution < 1.29 is 4.74 Å². The lowest BCUT2D eigenvalue weighted by molar-refractivity contribution is 0.397. The van der Waals surface area contributed by atoms with Gasteiger partial charge in [-0.3, -0.25) is 0 Å². The summed E-state index contributed by atoms with van der Waals surface area (Å²) in [4.78, 5) is 0. The van der Waals surface area contributed by atoms with Crippen LogP contribution in [-0.2, 0) is 11.8 Å². The van der Waals surface area contributed by atoms with E-state index >= 15 is 0 Å². The normalized spacial score (nSPS) is 11.6. The Labute approximate surface area is 109 Å². The van der Waals surface area contributed by atoms with Gasteiger partial charge in [-0.2, -0.15) is 0 Å². The summed E-state index contributed by atoms with van der Waals surface area (Å²) in [6, 6.07) is 6.90. The first-order valence-corrected chi connectivity index (χ1v) is 6.46. The Balaban J connectivity index is 2.89. The number of ether oxygens (including phenoxy) is 1. The maximum absolute atomic E-state index is 5.59. The number of rotatable bonds is 5. The van der Waals surface area contributed by atoms with Crippen LogP contribution in [0, 0.1) is 0 Å². The first-order valence-electron chi connectivity index (χ1n) is 5.93. The minimum atomic E-state index is 0.0985. The maximum atomic E-state index is 5.59. The third-order valence-electron chi connectivity index (χ3n) is 2.76. The molecule has 96 valence electrons. The van der Waals surface area contributed by atoms with Crippen molar-refractivity contribution in [3.63, 3.8) is 0 Å². The minimum absolute atomic E-state index is 0.0985. The van der Waals surface area contributed by atoms with Crippen molar-refractivity contribution >= 4 is 11.6 Å². The third-order valence-corrected chi connectivity index (χ3v) is 2.95. The third kappa shape index (κ3) is 4.21. The van der Waals surface area contributed by atoms with Crippen LogP contribution in [0.15, 0.2) is 18.2 Å². The highest BCUT2D eigenvalue weighted by molar-refractivity contribution is 6.17. The van der Waals surface area contributed by atoms with Crippen LogP contribution in [0.1, 0.15) is 31.9 Å². The van der Waals surface area contributed by atoms with Crippen molar-refractivity contribution in [2.75, 3.05) is 19.7 Å². The number of hydrogen-bond acceptors (Lipinski definition) is 2. The van der Waals surface area contributed by atoms with Gasteiger partial charge in [-0.25, -0.2) is 0 Å². The maximum Gasteiger partial charge on any atom is 0.122 e. The molecular weight excluding hydrogens is 234 g/mol. The Bertz CT molecular complexity index is 358. The van der Waals surface area contributed by atoms with Crippen LogP contribution in [0.2, 0.25) is 0 Å². The molecule has 0 heterocycles. The largest absolute Gasteiger partial charge is 0.496 e. The molecule has 2 nitrogen and oxygen atoms in total. The number of halogens is 1. The monoisotopic (exact) mass is 255 g/mol. The van der Waals surface area contributed by atoms with Gasteiger partial charge in [0.1, 0.15) is 5.75 Å². The van der Waals surface area contributed by atoms with Gasteiger partial charge in [0.25, 0.3) is 0 Å². The van der Waals surface area contributed by atoms with E-state index in [1.165, 1.54) is 11.1 Å². The second kappa shape index (κ2) is 6.27. The summed E-state index contributed by atoms with van der Waals surface area (Å²) in [6.07, 6.45) is 0.986. The van der Waals surface area contributed by atoms with Gasteiger partial charge in [0, 0.05) is 6.54 Å². The summed E-state index contributed by atoms with van der Waals surface area (Å²) in [5.74, 6) is 0.964. The van der Waals surface area contributed by atoms with Crippen molar-refractivity contribution in [1.29, 1.82) is 0 Å². The van der Waals surface area contributed by atoms with E-state index < -0.39 is 0 Å². The molecule has 1 aromatic carbocycles. The standard InChI is InChI=1S/C14H22ClNO/c1-14(2,3)12-9-11(7-8-16-10-15)5-6-13(12)17-4/h5-6,9,16H,7-8,10H2,1-4H3. The van der Waals surface area contributed by atoms with Crippen molar-refractivity contribution in [3.8, 4) is 5.75 Å². The van der Waals surface area contributed by atoms with Crippen molar-refractivity contribution in [2.24, 2.45) is 0 Å². The zero-order valence-electron chi connectivity index (χ0n) is 11.1. The molecule has 0 saturated carbocycles. The summed E-state index contributed by atoms with van der Waals surface area (Å²) in [6.45, 7) is 7.50. The van der Waals surface area contributed by atoms with Gasteiger partial charge in [0.2, 0.25) is 0 Å². The molecule has 0 atom stereocenters. The lowest BCUT2D eigenvalue weighted by Gasteiger charge is -2.23. The van der Waals surface area contributed by atoms with E-state index in [4.69, 9.17) is 16.3 Å². The van der Waals surface area contributed by atoms with E-state index in [9.17, 15) is 0 Å². The predicted octanol–water partition coefficient (Wildman–Crippen LogP) is 3.32. The average Bonchev–Trinajstić information content (AvgIpc) is 2.28. The number of methoxy groups -OCH3 is 1. The van der Waals surface area contributed by atoms with E-state index in [0.717, 1.165) is 18.7 Å². The summed E-state index contributed by atoms with van der Waals surface area (Å²) in [7, 11) is 1.72. The van der Waals surface area contributed by atoms with Crippen LogP contribution >= 0.6 is 11.6 Å². The summed E-state index contributed by atoms with van der Waals surface area (Å²) < 4.78 is 5.42. The molecule has 3 heteroatoms. The highest BCUT2D eigenvalue weighted by Crippen LogP contribution is 2.31. The Hall–Kier alpha value is -0.730. The van der Waals surface area contributed by atoms with E-state index in [0.29, 0.717) is 6.00 Å². The molecule has 0 aliphatic carbocycles. The molecule has 0 fully saturated rings. The topological polar surface area (TPSA) is 21.3 Å². The highest BCUT2D eigenvalue weighted by Gasteiger charge is 2.18. The van der Waals surface area contributed by atoms with Crippen molar-refractivity contribution in [2.45, 2.75) is 32.6 Å². The first-order chi connectivity index (χ1) is 7.99. The molecule has 0 unspecified atom stereocenters. The Morgan fingerprint density at radius 2 is 2.00 bits per heavy atom. The van der Waals surface area contributed by atoms with Gasteiger partial charge in [-0.05, 0) is 29.0 Å². The Kier molecular flexibility index (Phi) is 5.29. The number of nitrogens with one attached hydrogen (secondary N) is 1. The SMILES string of the molecule is COc1ccc(CCNCCl)cc1C(C)(C)C. The lowest BCUT2D eigenvalue weighted by atomic mass is 9.85. The van der Waals surface area contributed by atoms with Crippen molar-refractivity contribution in [3.05, 3.63) is 29.3 Å². The zero-order valence-corrected chi connectivity index (χ0v) is 11.9. The first kappa shape index (κ1) is 14.3. The summed E-state index contributed by atoms with van der Waals surface area (Å²) in [5, 5.41) is 3.12. The zero-order chi connectivity index (χ0) is 12.9. The molecule has 0 aliphatic heterocycles. The van der Waals surface area contributed by atoms with Crippen LogP contribution in [0.3, 0.4) is 0 Å². The highest BCUT2D eigenvalue weighted by atomic mass is 35.5. The Morgan fingerprint density at radius 1 is 1.29 bits per heavy atom. The van der Waals surface area contributed by atoms with E-state index in [2.05, 4.69) is 44.3 Å². The molecule has 0 saturated heterocycles. The fraction of sp³-hybridized carbons (Fsp3) is 0.571. The predicted molar refractivity (Wildman–Crippen MR) is 74.1 cm³/mol. The smallest absolute Gasteiger partial charge is 0.122 e. The number of alkyl halides is 1. The number of hydrogen-bond donors (Lipinski definition) is 1. The van der Waals surface area contributed by atoms with Crippen LogP contribution in [0.25, 0.3) is 0 Å². The van der Waals surface area contributed by atoms with Crippen LogP contribution < -0.4 is 10.1 Å². The van der Waals surface area contributed by atoms with Gasteiger partial charge < -0.3 is 10.1 Å². The molecule has 0 amide bonds. The quantitative estimate of drug-likeness (QED) is 0.495. The van der Waals surface area contributed by atoms with Gasteiger partial charge in [0.05, 0.1) is 13.1 Å². The summed E-state index contributed by atoms with van der Waals surface area (Å²) in [5.41, 5.74) is 2.66. The molecule has 0 aromatic heterocycles. The molecule has 1 aromatic rings. The van der Waals surface area contributed by atoms with Crippen LogP contribution in [-0.4, -0.2) is 19.7 Å². The van der Waals surface area contributed by atoms with Gasteiger partial charge >= 0.3 is 0 Å². The molecule has 1 N–H and O–H groups in total. The fourth-order valence-corrected chi connectivity index (χ4v) is 1.93. The lowest BCUT2D eigenvalue weighted by Crippen LogP contribution is -2.16. The van der Waals surface area contributed by atoms with Gasteiger partial charge in [-0.1, -0.05) is 32.9 Å². The van der Waals surface area contributed by atoms with Gasteiger partial charge in [-0.15, -0.1) is 11.6 Å². The van der Waals surface area contributed by atoms with Crippen LogP contribution in [0.4, 0.5) is 0 Å². The molecule has 17 heavy (non-hydrogen) atoms. The van der Waals surface area contributed by atoms with E-state index in [1.54, 1.807) is 7.11 Å².